The van der Waals surface area contributed by atoms with Gasteiger partial charge >= 0.3 is 0 Å². The van der Waals surface area contributed by atoms with Gasteiger partial charge in [0, 0.05) is 29.8 Å². The fourth-order valence-electron chi connectivity index (χ4n) is 5.76. The molecule has 1 aromatic heterocycles. The molecule has 3 aromatic rings. The van der Waals surface area contributed by atoms with Crippen molar-refractivity contribution in [3.63, 3.8) is 0 Å². The molecule has 0 radical (unpaired) electrons. The van der Waals surface area contributed by atoms with Gasteiger partial charge in [-0.2, -0.15) is 0 Å². The Labute approximate surface area is 222 Å². The number of ether oxygens (including phenoxy) is 3. The molecular weight excluding hydrogens is 493 g/mol. The van der Waals surface area contributed by atoms with Crippen LogP contribution in [0.2, 0.25) is 5.02 Å². The quantitative estimate of drug-likeness (QED) is 0.389. The van der Waals surface area contributed by atoms with Gasteiger partial charge in [0.2, 0.25) is 0 Å². The average Bonchev–Trinajstić information content (AvgIpc) is 3.32. The van der Waals surface area contributed by atoms with Gasteiger partial charge in [0.15, 0.2) is 11.5 Å². The summed E-state index contributed by atoms with van der Waals surface area (Å²) in [6, 6.07) is 10.6. The van der Waals surface area contributed by atoms with Crippen molar-refractivity contribution in [3.05, 3.63) is 75.6 Å². The first-order chi connectivity index (χ1) is 17.8. The van der Waals surface area contributed by atoms with Crippen LogP contribution in [0.15, 0.2) is 36.4 Å². The van der Waals surface area contributed by atoms with Crippen LogP contribution in [0.3, 0.4) is 0 Å². The number of nitrogens with zero attached hydrogens (tertiary/aromatic N) is 3. The van der Waals surface area contributed by atoms with Crippen molar-refractivity contribution in [2.75, 3.05) is 19.7 Å². The number of para-hydroxylation sites is 1. The molecule has 2 fully saturated rings. The Hall–Kier alpha value is -2.61. The lowest BCUT2D eigenvalue weighted by atomic mass is 9.88. The van der Waals surface area contributed by atoms with Crippen molar-refractivity contribution in [2.45, 2.75) is 70.9 Å². The topological polar surface area (TPSA) is 48.8 Å². The first kappa shape index (κ1) is 24.7. The van der Waals surface area contributed by atoms with E-state index in [1.165, 1.54) is 11.8 Å². The molecule has 8 heteroatoms. The summed E-state index contributed by atoms with van der Waals surface area (Å²) in [5.74, 6) is 1.18. The molecule has 0 N–H and O–H groups in total. The van der Waals surface area contributed by atoms with Crippen molar-refractivity contribution in [3.8, 4) is 11.5 Å². The summed E-state index contributed by atoms with van der Waals surface area (Å²) in [7, 11) is 0. The predicted octanol–water partition coefficient (Wildman–Crippen LogP) is 6.11. The lowest BCUT2D eigenvalue weighted by molar-refractivity contribution is -0.0712. The molecule has 0 aliphatic carbocycles. The Morgan fingerprint density at radius 2 is 1.89 bits per heavy atom. The Morgan fingerprint density at radius 1 is 1.11 bits per heavy atom. The van der Waals surface area contributed by atoms with Crippen LogP contribution in [-0.4, -0.2) is 40.3 Å². The van der Waals surface area contributed by atoms with Gasteiger partial charge in [-0.3, -0.25) is 4.90 Å². The zero-order valence-corrected chi connectivity index (χ0v) is 22.4. The summed E-state index contributed by atoms with van der Waals surface area (Å²) in [5.41, 5.74) is 3.80. The van der Waals surface area contributed by atoms with Gasteiger partial charge in [0.05, 0.1) is 30.5 Å². The number of halogens is 2. The molecule has 2 saturated heterocycles. The van der Waals surface area contributed by atoms with Gasteiger partial charge in [0.25, 0.3) is 5.79 Å². The number of fused-ring (bicyclic) bond motifs is 1. The third kappa shape index (κ3) is 4.62. The highest BCUT2D eigenvalue weighted by Gasteiger charge is 2.43. The van der Waals surface area contributed by atoms with Crippen LogP contribution in [0.25, 0.3) is 0 Å². The number of aryl methyl sites for hydroxylation is 1. The number of rotatable bonds is 6. The van der Waals surface area contributed by atoms with Gasteiger partial charge in [-0.1, -0.05) is 23.7 Å². The molecule has 196 valence electrons. The van der Waals surface area contributed by atoms with Crippen molar-refractivity contribution in [2.24, 2.45) is 0 Å². The van der Waals surface area contributed by atoms with E-state index in [2.05, 4.69) is 29.4 Å². The minimum Gasteiger partial charge on any atom is -0.444 e. The molecule has 6 rings (SSSR count). The summed E-state index contributed by atoms with van der Waals surface area (Å²) in [6.07, 6.45) is 3.46. The number of benzene rings is 2. The first-order valence-corrected chi connectivity index (χ1v) is 13.5. The SMILES string of the molecule is Cc1nc(CN2CCC(c3cccc4c3O[C@@](C)(c3ccc(Cl)cc3F)O4)CC2)n(CC2CCO2)c1C. The molecule has 37 heavy (non-hydrogen) atoms. The van der Waals surface area contributed by atoms with E-state index in [0.717, 1.165) is 74.9 Å². The van der Waals surface area contributed by atoms with Gasteiger partial charge < -0.3 is 18.8 Å². The van der Waals surface area contributed by atoms with Gasteiger partial charge in [0.1, 0.15) is 11.6 Å². The first-order valence-electron chi connectivity index (χ1n) is 13.1. The number of likely N-dealkylation sites (tertiary alicyclic amines) is 1. The van der Waals surface area contributed by atoms with Crippen LogP contribution in [0.5, 0.6) is 11.5 Å². The molecular formula is C29H33ClFN3O3. The minimum absolute atomic E-state index is 0.311. The van der Waals surface area contributed by atoms with E-state index in [-0.39, 0.29) is 0 Å². The number of piperidine rings is 1. The highest BCUT2D eigenvalue weighted by atomic mass is 35.5. The molecule has 3 aliphatic rings. The van der Waals surface area contributed by atoms with Crippen LogP contribution in [0, 0.1) is 19.7 Å². The Bertz CT molecular complexity index is 1320. The van der Waals surface area contributed by atoms with E-state index >= 15 is 0 Å². The summed E-state index contributed by atoms with van der Waals surface area (Å²) in [4.78, 5) is 7.38. The molecule has 0 spiro atoms. The van der Waals surface area contributed by atoms with Gasteiger partial charge in [-0.05, 0) is 76.4 Å². The molecule has 0 amide bonds. The average molecular weight is 526 g/mol. The van der Waals surface area contributed by atoms with E-state index in [1.54, 1.807) is 19.1 Å². The molecule has 0 saturated carbocycles. The van der Waals surface area contributed by atoms with Crippen molar-refractivity contribution in [1.82, 2.24) is 14.5 Å². The summed E-state index contributed by atoms with van der Waals surface area (Å²) in [6.45, 7) is 10.5. The van der Waals surface area contributed by atoms with Crippen LogP contribution in [-0.2, 0) is 23.6 Å². The Morgan fingerprint density at radius 3 is 2.59 bits per heavy atom. The van der Waals surface area contributed by atoms with E-state index < -0.39 is 11.6 Å². The monoisotopic (exact) mass is 525 g/mol. The van der Waals surface area contributed by atoms with E-state index in [1.807, 2.05) is 12.1 Å². The maximum absolute atomic E-state index is 14.7. The second-order valence-corrected chi connectivity index (χ2v) is 11.0. The van der Waals surface area contributed by atoms with Crippen LogP contribution < -0.4 is 9.47 Å². The second kappa shape index (κ2) is 9.61. The summed E-state index contributed by atoms with van der Waals surface area (Å²) < 4.78 is 35.3. The zero-order chi connectivity index (χ0) is 25.7. The Kier molecular flexibility index (Phi) is 6.42. The third-order valence-electron chi connectivity index (χ3n) is 8.14. The van der Waals surface area contributed by atoms with E-state index in [4.69, 9.17) is 30.8 Å². The number of hydrogen-bond acceptors (Lipinski definition) is 5. The molecule has 4 heterocycles. The van der Waals surface area contributed by atoms with Crippen molar-refractivity contribution in [1.29, 1.82) is 0 Å². The second-order valence-electron chi connectivity index (χ2n) is 10.6. The smallest absolute Gasteiger partial charge is 0.278 e. The lowest BCUT2D eigenvalue weighted by Gasteiger charge is -2.33. The fourth-order valence-corrected chi connectivity index (χ4v) is 5.92. The molecule has 2 atom stereocenters. The minimum atomic E-state index is -1.23. The lowest BCUT2D eigenvalue weighted by Crippen LogP contribution is -2.35. The van der Waals surface area contributed by atoms with Crippen LogP contribution in [0.4, 0.5) is 4.39 Å². The molecule has 1 unspecified atom stereocenters. The van der Waals surface area contributed by atoms with Crippen molar-refractivity contribution >= 4 is 11.6 Å². The molecule has 3 aliphatic heterocycles. The predicted molar refractivity (Wildman–Crippen MR) is 140 cm³/mol. The van der Waals surface area contributed by atoms with Gasteiger partial charge in [-0.15, -0.1) is 0 Å². The third-order valence-corrected chi connectivity index (χ3v) is 8.38. The zero-order valence-electron chi connectivity index (χ0n) is 21.6. The maximum atomic E-state index is 14.7. The number of aromatic nitrogens is 2. The largest absolute Gasteiger partial charge is 0.444 e. The maximum Gasteiger partial charge on any atom is 0.278 e. The molecule has 6 nitrogen and oxygen atoms in total. The standard InChI is InChI=1S/C29H33ClFN3O3/c1-18-19(2)34(16-22-11-14-35-22)27(32-18)17-33-12-9-20(10-13-33)23-5-4-6-26-28(23)37-29(3,36-26)24-8-7-21(30)15-25(24)31/h4-8,15,20,22H,9-14,16-17H2,1-3H3/t22?,29-/m0/s1. The number of imidazole rings is 1. The summed E-state index contributed by atoms with van der Waals surface area (Å²) in [5, 5.41) is 0.344. The highest BCUT2D eigenvalue weighted by molar-refractivity contribution is 6.30. The Balaban J connectivity index is 1.15. The molecule has 2 aromatic carbocycles. The van der Waals surface area contributed by atoms with Crippen LogP contribution >= 0.6 is 11.6 Å². The molecule has 0 bridgehead atoms. The fraction of sp³-hybridized carbons (Fsp3) is 0.483. The summed E-state index contributed by atoms with van der Waals surface area (Å²) >= 11 is 5.96. The van der Waals surface area contributed by atoms with Crippen molar-refractivity contribution < 1.29 is 18.6 Å². The number of hydrogen-bond donors (Lipinski definition) is 0. The normalized spacial score (nSPS) is 23.9. The van der Waals surface area contributed by atoms with E-state index in [9.17, 15) is 4.39 Å². The van der Waals surface area contributed by atoms with E-state index in [0.29, 0.717) is 28.4 Å². The van der Waals surface area contributed by atoms with Crippen LogP contribution in [0.1, 0.15) is 60.4 Å². The highest BCUT2D eigenvalue weighted by Crippen LogP contribution is 2.49. The van der Waals surface area contributed by atoms with Gasteiger partial charge in [-0.25, -0.2) is 9.37 Å².